The molecule has 92 valence electrons. The van der Waals surface area contributed by atoms with Crippen LogP contribution in [0.1, 0.15) is 71.1 Å². The standard InChI is InChI=1S/C14H24O2/c1-12(15)13-9-7-5-3-2-4-6-8-10-14(16)11-13/h13H,2-11H2,1H3. The zero-order valence-electron chi connectivity index (χ0n) is 10.5. The summed E-state index contributed by atoms with van der Waals surface area (Å²) in [6, 6.07) is 0. The van der Waals surface area contributed by atoms with E-state index in [9.17, 15) is 9.59 Å². The molecule has 0 aliphatic heterocycles. The highest BCUT2D eigenvalue weighted by Gasteiger charge is 2.18. The highest BCUT2D eigenvalue weighted by molar-refractivity contribution is 5.86. The lowest BCUT2D eigenvalue weighted by atomic mass is 9.90. The van der Waals surface area contributed by atoms with E-state index in [1.54, 1.807) is 6.92 Å². The smallest absolute Gasteiger partial charge is 0.133 e. The summed E-state index contributed by atoms with van der Waals surface area (Å²) in [4.78, 5) is 23.1. The topological polar surface area (TPSA) is 34.1 Å². The highest BCUT2D eigenvalue weighted by atomic mass is 16.1. The molecule has 1 aliphatic rings. The molecule has 2 nitrogen and oxygen atoms in total. The fourth-order valence-electron chi connectivity index (χ4n) is 2.42. The summed E-state index contributed by atoms with van der Waals surface area (Å²) in [7, 11) is 0. The molecule has 0 saturated heterocycles. The van der Waals surface area contributed by atoms with Crippen LogP contribution < -0.4 is 0 Å². The fourth-order valence-corrected chi connectivity index (χ4v) is 2.42. The van der Waals surface area contributed by atoms with E-state index in [1.807, 2.05) is 0 Å². The van der Waals surface area contributed by atoms with Gasteiger partial charge in [0.05, 0.1) is 0 Å². The number of hydrogen-bond acceptors (Lipinski definition) is 2. The quantitative estimate of drug-likeness (QED) is 0.681. The van der Waals surface area contributed by atoms with E-state index in [0.717, 1.165) is 19.3 Å². The van der Waals surface area contributed by atoms with Crippen molar-refractivity contribution in [2.45, 2.75) is 71.1 Å². The molecule has 1 rings (SSSR count). The molecule has 0 radical (unpaired) electrons. The molecule has 0 aromatic carbocycles. The first-order valence-corrected chi connectivity index (χ1v) is 6.72. The van der Waals surface area contributed by atoms with Crippen molar-refractivity contribution in [3.8, 4) is 0 Å². The van der Waals surface area contributed by atoms with Crippen LogP contribution in [0.4, 0.5) is 0 Å². The third-order valence-corrected chi connectivity index (χ3v) is 3.56. The molecule has 0 N–H and O–H groups in total. The first-order chi connectivity index (χ1) is 7.70. The van der Waals surface area contributed by atoms with E-state index in [2.05, 4.69) is 0 Å². The maximum Gasteiger partial charge on any atom is 0.133 e. The van der Waals surface area contributed by atoms with Crippen LogP contribution in [0.2, 0.25) is 0 Å². The van der Waals surface area contributed by atoms with Crippen molar-refractivity contribution >= 4 is 11.6 Å². The Bertz CT molecular complexity index is 233. The number of carbonyl (C=O) groups excluding carboxylic acids is 2. The average molecular weight is 224 g/mol. The van der Waals surface area contributed by atoms with E-state index in [1.165, 1.54) is 32.1 Å². The molecule has 0 amide bonds. The van der Waals surface area contributed by atoms with Crippen molar-refractivity contribution < 1.29 is 9.59 Å². The highest BCUT2D eigenvalue weighted by Crippen LogP contribution is 2.20. The Morgan fingerprint density at radius 3 is 2.19 bits per heavy atom. The number of rotatable bonds is 1. The average Bonchev–Trinajstić information content (AvgIpc) is 2.22. The molecule has 0 spiro atoms. The normalized spacial score (nSPS) is 25.6. The molecule has 0 heterocycles. The van der Waals surface area contributed by atoms with Crippen molar-refractivity contribution in [2.75, 3.05) is 0 Å². The summed E-state index contributed by atoms with van der Waals surface area (Å²) in [5.41, 5.74) is 0. The second-order valence-electron chi connectivity index (χ2n) is 5.06. The van der Waals surface area contributed by atoms with Gasteiger partial charge in [-0.15, -0.1) is 0 Å². The van der Waals surface area contributed by atoms with Gasteiger partial charge in [-0.2, -0.15) is 0 Å². The molecule has 16 heavy (non-hydrogen) atoms. The van der Waals surface area contributed by atoms with Crippen molar-refractivity contribution in [3.05, 3.63) is 0 Å². The van der Waals surface area contributed by atoms with E-state index < -0.39 is 0 Å². The molecule has 2 heteroatoms. The van der Waals surface area contributed by atoms with Gasteiger partial charge in [0.1, 0.15) is 11.6 Å². The molecule has 1 fully saturated rings. The Hall–Kier alpha value is -0.660. The Labute approximate surface area is 98.8 Å². The van der Waals surface area contributed by atoms with Gasteiger partial charge >= 0.3 is 0 Å². The number of hydrogen-bond donors (Lipinski definition) is 0. The molecule has 1 unspecified atom stereocenters. The number of carbonyl (C=O) groups is 2. The van der Waals surface area contributed by atoms with Crippen molar-refractivity contribution in [2.24, 2.45) is 5.92 Å². The zero-order valence-corrected chi connectivity index (χ0v) is 10.5. The molecular weight excluding hydrogens is 200 g/mol. The van der Waals surface area contributed by atoms with Crippen molar-refractivity contribution in [3.63, 3.8) is 0 Å². The van der Waals surface area contributed by atoms with Gasteiger partial charge in [0.15, 0.2) is 0 Å². The molecular formula is C14H24O2. The minimum absolute atomic E-state index is 0.00641. The van der Waals surface area contributed by atoms with Crippen LogP contribution in [0.15, 0.2) is 0 Å². The number of Topliss-reactive ketones (excluding diaryl/α,β-unsaturated/α-hetero) is 2. The fraction of sp³-hybridized carbons (Fsp3) is 0.857. The third-order valence-electron chi connectivity index (χ3n) is 3.56. The van der Waals surface area contributed by atoms with Gasteiger partial charge < -0.3 is 0 Å². The van der Waals surface area contributed by atoms with Crippen LogP contribution in [0.3, 0.4) is 0 Å². The van der Waals surface area contributed by atoms with Gasteiger partial charge in [0, 0.05) is 18.8 Å². The summed E-state index contributed by atoms with van der Waals surface area (Å²) in [6.45, 7) is 1.63. The Morgan fingerprint density at radius 2 is 1.56 bits per heavy atom. The monoisotopic (exact) mass is 224 g/mol. The summed E-state index contributed by atoms with van der Waals surface area (Å²) in [5, 5.41) is 0. The van der Waals surface area contributed by atoms with Gasteiger partial charge in [-0.05, 0) is 19.8 Å². The van der Waals surface area contributed by atoms with Crippen LogP contribution in [0.5, 0.6) is 0 Å². The molecule has 1 atom stereocenters. The van der Waals surface area contributed by atoms with Crippen molar-refractivity contribution in [1.82, 2.24) is 0 Å². The summed E-state index contributed by atoms with van der Waals surface area (Å²) < 4.78 is 0. The van der Waals surface area contributed by atoms with Gasteiger partial charge in [-0.3, -0.25) is 9.59 Å². The van der Waals surface area contributed by atoms with Crippen LogP contribution >= 0.6 is 0 Å². The number of ketones is 2. The minimum atomic E-state index is 0.00641. The second-order valence-corrected chi connectivity index (χ2v) is 5.06. The zero-order chi connectivity index (χ0) is 11.8. The summed E-state index contributed by atoms with van der Waals surface area (Å²) in [6.07, 6.45) is 10.5. The third kappa shape index (κ3) is 5.43. The molecule has 0 aromatic rings. The van der Waals surface area contributed by atoms with Crippen LogP contribution in [-0.2, 0) is 9.59 Å². The lowest BCUT2D eigenvalue weighted by Crippen LogP contribution is -2.16. The lowest BCUT2D eigenvalue weighted by Gasteiger charge is -2.14. The summed E-state index contributed by atoms with van der Waals surface area (Å²) in [5.74, 6) is 0.498. The van der Waals surface area contributed by atoms with Crippen LogP contribution in [0, 0.1) is 5.92 Å². The van der Waals surface area contributed by atoms with Gasteiger partial charge in [0.2, 0.25) is 0 Å². The van der Waals surface area contributed by atoms with E-state index in [-0.39, 0.29) is 11.7 Å². The maximum absolute atomic E-state index is 11.7. The van der Waals surface area contributed by atoms with Crippen LogP contribution in [-0.4, -0.2) is 11.6 Å². The lowest BCUT2D eigenvalue weighted by molar-refractivity contribution is -0.127. The predicted octanol–water partition coefficient (Wildman–Crippen LogP) is 3.68. The largest absolute Gasteiger partial charge is 0.300 e. The van der Waals surface area contributed by atoms with Gasteiger partial charge in [-0.25, -0.2) is 0 Å². The molecule has 0 aromatic heterocycles. The Morgan fingerprint density at radius 1 is 1.00 bits per heavy atom. The van der Waals surface area contributed by atoms with Gasteiger partial charge in [0.25, 0.3) is 0 Å². The predicted molar refractivity (Wildman–Crippen MR) is 65.3 cm³/mol. The van der Waals surface area contributed by atoms with Crippen molar-refractivity contribution in [1.29, 1.82) is 0 Å². The summed E-state index contributed by atoms with van der Waals surface area (Å²) >= 11 is 0. The molecule has 0 bridgehead atoms. The van der Waals surface area contributed by atoms with E-state index in [4.69, 9.17) is 0 Å². The van der Waals surface area contributed by atoms with E-state index >= 15 is 0 Å². The van der Waals surface area contributed by atoms with Gasteiger partial charge in [-0.1, -0.05) is 38.5 Å². The van der Waals surface area contributed by atoms with E-state index in [0.29, 0.717) is 18.6 Å². The first-order valence-electron chi connectivity index (χ1n) is 6.72. The molecule has 1 aliphatic carbocycles. The second kappa shape index (κ2) is 7.59. The SMILES string of the molecule is CC(=O)C1CCCCCCCCCC(=O)C1. The molecule has 1 saturated carbocycles. The Balaban J connectivity index is 2.44. The first kappa shape index (κ1) is 13.4. The van der Waals surface area contributed by atoms with Crippen LogP contribution in [0.25, 0.3) is 0 Å². The maximum atomic E-state index is 11.7. The Kier molecular flexibility index (Phi) is 6.36. The minimum Gasteiger partial charge on any atom is -0.300 e.